The van der Waals surface area contributed by atoms with E-state index in [4.69, 9.17) is 0 Å². The van der Waals surface area contributed by atoms with Gasteiger partial charge in [0, 0.05) is 0 Å². The summed E-state index contributed by atoms with van der Waals surface area (Å²) in [5.41, 5.74) is 13.7. The largest absolute Gasteiger partial charge is 0.0728 e. The molecule has 0 heteroatoms. The van der Waals surface area contributed by atoms with Crippen LogP contribution in [0.3, 0.4) is 0 Å². The van der Waals surface area contributed by atoms with Crippen LogP contribution in [0.1, 0.15) is 33.4 Å². The highest BCUT2D eigenvalue weighted by molar-refractivity contribution is 5.95. The van der Waals surface area contributed by atoms with E-state index in [-0.39, 0.29) is 5.41 Å². The maximum absolute atomic E-state index is 2.41. The molecule has 0 aromatic heterocycles. The molecule has 0 unspecified atom stereocenters. The number of aryl methyl sites for hydroxylation is 2. The summed E-state index contributed by atoms with van der Waals surface area (Å²) in [6, 6.07) is 31.7. The lowest BCUT2D eigenvalue weighted by Gasteiger charge is -2.31. The van der Waals surface area contributed by atoms with Gasteiger partial charge in [-0.1, -0.05) is 90.5 Å². The molecule has 0 saturated carbocycles. The molecule has 0 bridgehead atoms. The van der Waals surface area contributed by atoms with Crippen molar-refractivity contribution in [3.05, 3.63) is 118 Å². The van der Waals surface area contributed by atoms with Gasteiger partial charge in [0.2, 0.25) is 0 Å². The lowest BCUT2D eigenvalue weighted by Crippen LogP contribution is -2.26. The van der Waals surface area contributed by atoms with Gasteiger partial charge in [-0.2, -0.15) is 0 Å². The molecule has 2 aliphatic rings. The lowest BCUT2D eigenvalue weighted by atomic mass is 9.69. The highest BCUT2D eigenvalue weighted by Gasteiger charge is 2.52. The zero-order chi connectivity index (χ0) is 18.2. The fraction of sp³-hybridized carbons (Fsp3) is 0.111. The van der Waals surface area contributed by atoms with Crippen molar-refractivity contribution in [2.75, 3.05) is 0 Å². The van der Waals surface area contributed by atoms with Gasteiger partial charge in [-0.25, -0.2) is 0 Å². The minimum atomic E-state index is -0.199. The number of hydrogen-bond donors (Lipinski definition) is 0. The Bertz CT molecular complexity index is 1200. The van der Waals surface area contributed by atoms with Crippen LogP contribution in [0.2, 0.25) is 0 Å². The molecule has 0 amide bonds. The fourth-order valence-corrected chi connectivity index (χ4v) is 5.52. The molecule has 0 heterocycles. The summed E-state index contributed by atoms with van der Waals surface area (Å²) in [6.45, 7) is 4.47. The van der Waals surface area contributed by atoms with Gasteiger partial charge in [0.1, 0.15) is 0 Å². The summed E-state index contributed by atoms with van der Waals surface area (Å²) in [5.74, 6) is 0. The van der Waals surface area contributed by atoms with Crippen LogP contribution in [0.15, 0.2) is 84.9 Å². The van der Waals surface area contributed by atoms with Crippen molar-refractivity contribution in [1.82, 2.24) is 0 Å². The van der Waals surface area contributed by atoms with Crippen LogP contribution in [0, 0.1) is 13.8 Å². The second-order valence-corrected chi connectivity index (χ2v) is 7.89. The van der Waals surface area contributed by atoms with Crippen molar-refractivity contribution < 1.29 is 0 Å². The average molecular weight is 344 g/mol. The Balaban J connectivity index is 1.90. The van der Waals surface area contributed by atoms with Gasteiger partial charge in [0.25, 0.3) is 0 Å². The molecule has 0 fully saturated rings. The summed E-state index contributed by atoms with van der Waals surface area (Å²) >= 11 is 0. The molecule has 27 heavy (non-hydrogen) atoms. The summed E-state index contributed by atoms with van der Waals surface area (Å²) in [6.07, 6.45) is 0. The monoisotopic (exact) mass is 344 g/mol. The maximum atomic E-state index is 2.41. The van der Waals surface area contributed by atoms with Gasteiger partial charge in [-0.05, 0) is 63.9 Å². The number of benzene rings is 4. The first-order chi connectivity index (χ1) is 13.2. The van der Waals surface area contributed by atoms with E-state index in [1.807, 2.05) is 0 Å². The zero-order valence-corrected chi connectivity index (χ0v) is 15.6. The van der Waals surface area contributed by atoms with E-state index in [9.17, 15) is 0 Å². The summed E-state index contributed by atoms with van der Waals surface area (Å²) in [4.78, 5) is 0. The highest BCUT2D eigenvalue weighted by Crippen LogP contribution is 2.63. The molecule has 4 aromatic rings. The maximum Gasteiger partial charge on any atom is 0.0728 e. The first-order valence-electron chi connectivity index (χ1n) is 9.64. The van der Waals surface area contributed by atoms with E-state index < -0.39 is 0 Å². The van der Waals surface area contributed by atoms with Crippen LogP contribution >= 0.6 is 0 Å². The standard InChI is InChI=1S/C27H20/c1-17-14-15-21-22-11-7-8-18(2)26(22)27(25(21)16-17)23-12-5-3-9-19(23)20-10-4-6-13-24(20)27/h3-16H,1-2H3. The molecule has 4 aromatic carbocycles. The van der Waals surface area contributed by atoms with Crippen molar-refractivity contribution in [2.24, 2.45) is 0 Å². The minimum absolute atomic E-state index is 0.199. The topological polar surface area (TPSA) is 0 Å². The highest BCUT2D eigenvalue weighted by atomic mass is 14.5. The molecule has 6 rings (SSSR count). The van der Waals surface area contributed by atoms with Crippen LogP contribution in [-0.2, 0) is 5.41 Å². The Morgan fingerprint density at radius 2 is 1.11 bits per heavy atom. The lowest BCUT2D eigenvalue weighted by molar-refractivity contribution is 0.785. The molecule has 2 aliphatic carbocycles. The molecule has 1 spiro atoms. The molecule has 0 atom stereocenters. The van der Waals surface area contributed by atoms with E-state index in [1.165, 1.54) is 55.6 Å². The Morgan fingerprint density at radius 3 is 1.81 bits per heavy atom. The van der Waals surface area contributed by atoms with E-state index in [2.05, 4.69) is 98.8 Å². The molecule has 0 saturated heterocycles. The fourth-order valence-electron chi connectivity index (χ4n) is 5.52. The van der Waals surface area contributed by atoms with Gasteiger partial charge >= 0.3 is 0 Å². The van der Waals surface area contributed by atoms with Gasteiger partial charge in [-0.3, -0.25) is 0 Å². The number of hydrogen-bond acceptors (Lipinski definition) is 0. The molecular weight excluding hydrogens is 324 g/mol. The second kappa shape index (κ2) is 4.98. The van der Waals surface area contributed by atoms with Crippen molar-refractivity contribution in [3.8, 4) is 22.3 Å². The van der Waals surface area contributed by atoms with Crippen LogP contribution in [0.5, 0.6) is 0 Å². The van der Waals surface area contributed by atoms with Crippen molar-refractivity contribution in [2.45, 2.75) is 19.3 Å². The summed E-state index contributed by atoms with van der Waals surface area (Å²) in [5, 5.41) is 0. The van der Waals surface area contributed by atoms with Crippen molar-refractivity contribution >= 4 is 0 Å². The Morgan fingerprint density at radius 1 is 0.519 bits per heavy atom. The Labute approximate surface area is 160 Å². The third-order valence-corrected chi connectivity index (χ3v) is 6.47. The molecule has 128 valence electrons. The van der Waals surface area contributed by atoms with Crippen LogP contribution in [0.25, 0.3) is 22.3 Å². The number of fused-ring (bicyclic) bond motifs is 10. The van der Waals surface area contributed by atoms with Crippen LogP contribution in [-0.4, -0.2) is 0 Å². The Hall–Kier alpha value is -3.12. The van der Waals surface area contributed by atoms with Crippen molar-refractivity contribution in [3.63, 3.8) is 0 Å². The molecule has 0 N–H and O–H groups in total. The normalized spacial score (nSPS) is 14.6. The molecule has 0 radical (unpaired) electrons. The molecule has 0 nitrogen and oxygen atoms in total. The predicted octanol–water partition coefficient (Wildman–Crippen LogP) is 6.65. The number of rotatable bonds is 0. The van der Waals surface area contributed by atoms with E-state index in [0.29, 0.717) is 0 Å². The Kier molecular flexibility index (Phi) is 2.77. The second-order valence-electron chi connectivity index (χ2n) is 7.89. The van der Waals surface area contributed by atoms with Crippen LogP contribution in [0.4, 0.5) is 0 Å². The third-order valence-electron chi connectivity index (χ3n) is 6.47. The summed E-state index contributed by atoms with van der Waals surface area (Å²) in [7, 11) is 0. The molecule has 0 aliphatic heterocycles. The molecular formula is C27H20. The predicted molar refractivity (Wildman–Crippen MR) is 112 cm³/mol. The van der Waals surface area contributed by atoms with Gasteiger partial charge in [0.15, 0.2) is 0 Å². The first kappa shape index (κ1) is 15.0. The quantitative estimate of drug-likeness (QED) is 0.289. The smallest absolute Gasteiger partial charge is 0.0619 e. The first-order valence-corrected chi connectivity index (χ1v) is 9.64. The zero-order valence-electron chi connectivity index (χ0n) is 15.6. The third kappa shape index (κ3) is 1.64. The van der Waals surface area contributed by atoms with E-state index in [1.54, 1.807) is 0 Å². The van der Waals surface area contributed by atoms with Gasteiger partial charge in [-0.15, -0.1) is 0 Å². The van der Waals surface area contributed by atoms with Crippen molar-refractivity contribution in [1.29, 1.82) is 0 Å². The SMILES string of the molecule is Cc1ccc2c(c1)C1(c3ccccc3-c3ccccc31)c1c(C)cccc1-2. The minimum Gasteiger partial charge on any atom is -0.0619 e. The summed E-state index contributed by atoms with van der Waals surface area (Å²) < 4.78 is 0. The van der Waals surface area contributed by atoms with Crippen LogP contribution < -0.4 is 0 Å². The van der Waals surface area contributed by atoms with Gasteiger partial charge in [0.05, 0.1) is 5.41 Å². The van der Waals surface area contributed by atoms with Gasteiger partial charge < -0.3 is 0 Å². The van der Waals surface area contributed by atoms with E-state index in [0.717, 1.165) is 0 Å². The average Bonchev–Trinajstić information content (AvgIpc) is 3.15. The van der Waals surface area contributed by atoms with E-state index >= 15 is 0 Å².